The maximum atomic E-state index is 5.68. The monoisotopic (exact) mass is 316 g/mol. The number of nitrogens with one attached hydrogen (secondary N) is 1. The lowest BCUT2D eigenvalue weighted by Gasteiger charge is -2.26. The minimum absolute atomic E-state index is 0.728. The van der Waals surface area contributed by atoms with Crippen LogP contribution in [0.3, 0.4) is 0 Å². The smallest absolute Gasteiger partial charge is 0.119 e. The van der Waals surface area contributed by atoms with Crippen molar-refractivity contribution in [2.45, 2.75) is 19.4 Å². The Balaban J connectivity index is 1.81. The molecule has 0 amide bonds. The van der Waals surface area contributed by atoms with Gasteiger partial charge >= 0.3 is 0 Å². The number of ether oxygens (including phenoxy) is 1. The molecule has 5 nitrogen and oxygen atoms in total. The summed E-state index contributed by atoms with van der Waals surface area (Å²) >= 11 is 0. The summed E-state index contributed by atoms with van der Waals surface area (Å²) in [4.78, 5) is 2.54. The molecule has 0 unspecified atom stereocenters. The highest BCUT2D eigenvalue weighted by Gasteiger charge is 2.13. The first kappa shape index (κ1) is 16.3. The van der Waals surface area contributed by atoms with E-state index in [9.17, 15) is 0 Å². The fourth-order valence-corrected chi connectivity index (χ4v) is 3.34. The van der Waals surface area contributed by atoms with Crippen LogP contribution >= 0.6 is 0 Å². The largest absolute Gasteiger partial charge is 0.497 e. The predicted octanol–water partition coefficient (Wildman–Crippen LogP) is 1.45. The molecule has 5 heteroatoms. The van der Waals surface area contributed by atoms with E-state index in [1.165, 1.54) is 16.5 Å². The van der Waals surface area contributed by atoms with Crippen molar-refractivity contribution in [3.05, 3.63) is 30.0 Å². The van der Waals surface area contributed by atoms with Crippen molar-refractivity contribution in [3.63, 3.8) is 0 Å². The molecule has 0 radical (unpaired) electrons. The number of nitrogens with two attached hydrogens (primary N) is 1. The minimum atomic E-state index is 0.728. The third kappa shape index (κ3) is 3.86. The molecule has 1 aliphatic rings. The number of rotatable bonds is 7. The highest BCUT2D eigenvalue weighted by molar-refractivity contribution is 5.85. The lowest BCUT2D eigenvalue weighted by Crippen LogP contribution is -2.44. The van der Waals surface area contributed by atoms with Crippen molar-refractivity contribution in [2.24, 2.45) is 5.73 Å². The Morgan fingerprint density at radius 1 is 1.22 bits per heavy atom. The van der Waals surface area contributed by atoms with E-state index in [0.717, 1.165) is 64.4 Å². The number of benzene rings is 1. The summed E-state index contributed by atoms with van der Waals surface area (Å²) in [5, 5.41) is 4.73. The molecule has 1 aliphatic heterocycles. The zero-order valence-electron chi connectivity index (χ0n) is 14.1. The van der Waals surface area contributed by atoms with Gasteiger partial charge in [0.25, 0.3) is 0 Å². The van der Waals surface area contributed by atoms with Crippen LogP contribution in [0.2, 0.25) is 0 Å². The van der Waals surface area contributed by atoms with Gasteiger partial charge in [0.2, 0.25) is 0 Å². The van der Waals surface area contributed by atoms with Gasteiger partial charge in [-0.1, -0.05) is 0 Å². The van der Waals surface area contributed by atoms with Gasteiger partial charge in [0.05, 0.1) is 7.11 Å². The standard InChI is InChI=1S/C18H28N4O/c1-23-16-3-4-18-17(13-16)15(14-22(18)9-2-6-19)5-10-21-11-7-20-8-12-21/h3-4,13-14,20H,2,5-12,19H2,1H3. The van der Waals surface area contributed by atoms with E-state index < -0.39 is 0 Å². The van der Waals surface area contributed by atoms with Gasteiger partial charge in [-0.15, -0.1) is 0 Å². The van der Waals surface area contributed by atoms with Crippen LogP contribution in [0.15, 0.2) is 24.4 Å². The molecule has 3 N–H and O–H groups in total. The van der Waals surface area contributed by atoms with Gasteiger partial charge < -0.3 is 25.3 Å². The second-order valence-electron chi connectivity index (χ2n) is 6.21. The molecule has 0 aliphatic carbocycles. The highest BCUT2D eigenvalue weighted by atomic mass is 16.5. The van der Waals surface area contributed by atoms with Crippen LogP contribution in [0.25, 0.3) is 10.9 Å². The predicted molar refractivity (Wildman–Crippen MR) is 95.2 cm³/mol. The van der Waals surface area contributed by atoms with Crippen LogP contribution < -0.4 is 15.8 Å². The fourth-order valence-electron chi connectivity index (χ4n) is 3.34. The van der Waals surface area contributed by atoms with E-state index in [2.05, 4.69) is 33.1 Å². The molecule has 2 aromatic rings. The van der Waals surface area contributed by atoms with Crippen molar-refractivity contribution < 1.29 is 4.74 Å². The molecule has 0 spiro atoms. The molecule has 1 fully saturated rings. The van der Waals surface area contributed by atoms with Gasteiger partial charge in [0, 0.05) is 56.4 Å². The second-order valence-corrected chi connectivity index (χ2v) is 6.21. The summed E-state index contributed by atoms with van der Waals surface area (Å²) < 4.78 is 7.76. The van der Waals surface area contributed by atoms with E-state index in [1.807, 2.05) is 6.07 Å². The molecule has 0 atom stereocenters. The van der Waals surface area contributed by atoms with Crippen molar-refractivity contribution in [1.82, 2.24) is 14.8 Å². The molecule has 0 bridgehead atoms. The van der Waals surface area contributed by atoms with E-state index in [0.29, 0.717) is 0 Å². The third-order valence-electron chi connectivity index (χ3n) is 4.68. The number of methoxy groups -OCH3 is 1. The summed E-state index contributed by atoms with van der Waals surface area (Å²) in [5.41, 5.74) is 8.38. The van der Waals surface area contributed by atoms with Gasteiger partial charge in [-0.2, -0.15) is 0 Å². The maximum absolute atomic E-state index is 5.68. The summed E-state index contributed by atoms with van der Waals surface area (Å²) in [5.74, 6) is 0.928. The number of fused-ring (bicyclic) bond motifs is 1. The Bertz CT molecular complexity index is 631. The molecule has 23 heavy (non-hydrogen) atoms. The SMILES string of the molecule is COc1ccc2c(c1)c(CCN1CCNCC1)cn2CCCN. The van der Waals surface area contributed by atoms with Gasteiger partial charge in [-0.25, -0.2) is 0 Å². The first-order chi connectivity index (χ1) is 11.3. The Hall–Kier alpha value is -1.56. The zero-order valence-corrected chi connectivity index (χ0v) is 14.1. The average molecular weight is 316 g/mol. The normalized spacial score (nSPS) is 16.1. The number of hydrogen-bond donors (Lipinski definition) is 2. The van der Waals surface area contributed by atoms with Gasteiger partial charge in [-0.3, -0.25) is 0 Å². The van der Waals surface area contributed by atoms with Crippen LogP contribution in [-0.2, 0) is 13.0 Å². The summed E-state index contributed by atoms with van der Waals surface area (Å²) in [7, 11) is 1.73. The van der Waals surface area contributed by atoms with Crippen LogP contribution in [-0.4, -0.2) is 55.8 Å². The quantitative estimate of drug-likeness (QED) is 0.812. The Morgan fingerprint density at radius 2 is 2.04 bits per heavy atom. The van der Waals surface area contributed by atoms with E-state index in [-0.39, 0.29) is 0 Å². The molecule has 1 aromatic carbocycles. The molecule has 2 heterocycles. The zero-order chi connectivity index (χ0) is 16.1. The van der Waals surface area contributed by atoms with Crippen molar-refractivity contribution >= 4 is 10.9 Å². The molecule has 3 rings (SSSR count). The van der Waals surface area contributed by atoms with Crippen LogP contribution in [0, 0.1) is 0 Å². The lowest BCUT2D eigenvalue weighted by atomic mass is 10.1. The molecular formula is C18H28N4O. The number of aryl methyl sites for hydroxylation is 1. The average Bonchev–Trinajstić information content (AvgIpc) is 2.96. The number of nitrogens with zero attached hydrogens (tertiary/aromatic N) is 2. The molecule has 1 saturated heterocycles. The van der Waals surface area contributed by atoms with Crippen LogP contribution in [0.4, 0.5) is 0 Å². The van der Waals surface area contributed by atoms with Gasteiger partial charge in [0.15, 0.2) is 0 Å². The Kier molecular flexibility index (Phi) is 5.54. The maximum Gasteiger partial charge on any atom is 0.119 e. The fraction of sp³-hybridized carbons (Fsp3) is 0.556. The molecule has 0 saturated carbocycles. The van der Waals surface area contributed by atoms with E-state index in [1.54, 1.807) is 7.11 Å². The first-order valence-corrected chi connectivity index (χ1v) is 8.60. The number of piperazine rings is 1. The van der Waals surface area contributed by atoms with Crippen molar-refractivity contribution in [2.75, 3.05) is 46.4 Å². The highest BCUT2D eigenvalue weighted by Crippen LogP contribution is 2.27. The number of aromatic nitrogens is 1. The van der Waals surface area contributed by atoms with E-state index in [4.69, 9.17) is 10.5 Å². The van der Waals surface area contributed by atoms with E-state index >= 15 is 0 Å². The topological polar surface area (TPSA) is 55.5 Å². The van der Waals surface area contributed by atoms with Gasteiger partial charge in [0.1, 0.15) is 5.75 Å². The van der Waals surface area contributed by atoms with Crippen LogP contribution in [0.5, 0.6) is 5.75 Å². The first-order valence-electron chi connectivity index (χ1n) is 8.60. The summed E-state index contributed by atoms with van der Waals surface area (Å²) in [6.45, 7) is 7.33. The molecule has 126 valence electrons. The summed E-state index contributed by atoms with van der Waals surface area (Å²) in [6, 6.07) is 6.38. The molecule has 1 aromatic heterocycles. The second kappa shape index (κ2) is 7.81. The number of hydrogen-bond acceptors (Lipinski definition) is 4. The Morgan fingerprint density at radius 3 is 2.78 bits per heavy atom. The Labute approximate surface area is 138 Å². The van der Waals surface area contributed by atoms with Gasteiger partial charge in [-0.05, 0) is 43.1 Å². The lowest BCUT2D eigenvalue weighted by molar-refractivity contribution is 0.244. The van der Waals surface area contributed by atoms with Crippen molar-refractivity contribution in [1.29, 1.82) is 0 Å². The summed E-state index contributed by atoms with van der Waals surface area (Å²) in [6.07, 6.45) is 4.40. The third-order valence-corrected chi connectivity index (χ3v) is 4.68. The minimum Gasteiger partial charge on any atom is -0.497 e. The molecular weight excluding hydrogens is 288 g/mol. The van der Waals surface area contributed by atoms with Crippen molar-refractivity contribution in [3.8, 4) is 5.75 Å². The van der Waals surface area contributed by atoms with Crippen LogP contribution in [0.1, 0.15) is 12.0 Å².